The number of nitrogens with zero attached hydrogens (tertiary/aromatic N) is 2. The molecule has 0 amide bonds. The quantitative estimate of drug-likeness (QED) is 0.234. The van der Waals surface area contributed by atoms with E-state index in [4.69, 9.17) is 9.98 Å². The maximum Gasteiger partial charge on any atom is 3.00 e. The molecule has 1 aliphatic carbocycles. The van der Waals surface area contributed by atoms with Crippen LogP contribution >= 0.6 is 0 Å². The maximum absolute atomic E-state index is 12.4. The second-order valence-corrected chi connectivity index (χ2v) is 11.5. The normalized spacial score (nSPS) is 18.7. The molecule has 0 unspecified atom stereocenters. The van der Waals surface area contributed by atoms with Crippen LogP contribution in [0.4, 0.5) is 17.3 Å². The fraction of sp³-hybridized carbons (Fsp3) is 0.500. The SMILES string of the molecule is CC(C)(C)c1ccc([O-])c(C=N[C@@H]2CCCC[C@H]2N=Cc2cc(C(C)(C)C)ccc2[O-])c1.F[B-](F)(F)F.[Co+3]. The van der Waals surface area contributed by atoms with Gasteiger partial charge in [-0.05, 0) is 45.9 Å². The van der Waals surface area contributed by atoms with Crippen LogP contribution in [0.25, 0.3) is 0 Å². The van der Waals surface area contributed by atoms with Crippen LogP contribution in [-0.4, -0.2) is 31.8 Å². The first-order valence-electron chi connectivity index (χ1n) is 12.5. The van der Waals surface area contributed by atoms with Crippen molar-refractivity contribution in [2.45, 2.75) is 90.1 Å². The van der Waals surface area contributed by atoms with Gasteiger partial charge in [0.15, 0.2) is 0 Å². The molecule has 0 spiro atoms. The van der Waals surface area contributed by atoms with Crippen molar-refractivity contribution in [1.82, 2.24) is 0 Å². The maximum atomic E-state index is 12.4. The van der Waals surface area contributed by atoms with Crippen LogP contribution in [0.2, 0.25) is 0 Å². The van der Waals surface area contributed by atoms with Crippen LogP contribution in [-0.2, 0) is 27.6 Å². The summed E-state index contributed by atoms with van der Waals surface area (Å²) in [6, 6.07) is 11.0. The summed E-state index contributed by atoms with van der Waals surface area (Å²) >= 11 is 0. The van der Waals surface area contributed by atoms with Crippen molar-refractivity contribution in [2.75, 3.05) is 0 Å². The Morgan fingerprint density at radius 1 is 0.711 bits per heavy atom. The van der Waals surface area contributed by atoms with Gasteiger partial charge < -0.3 is 27.5 Å². The van der Waals surface area contributed by atoms with Crippen LogP contribution in [0.15, 0.2) is 46.4 Å². The van der Waals surface area contributed by atoms with E-state index in [0.717, 1.165) is 36.8 Å². The molecule has 0 N–H and O–H groups in total. The molecule has 4 nitrogen and oxygen atoms in total. The summed E-state index contributed by atoms with van der Waals surface area (Å²) in [6.45, 7) is 12.8. The van der Waals surface area contributed by atoms with Gasteiger partial charge >= 0.3 is 24.0 Å². The average molecular weight is 578 g/mol. The van der Waals surface area contributed by atoms with Crippen molar-refractivity contribution in [3.05, 3.63) is 58.7 Å². The Morgan fingerprint density at radius 2 is 1.03 bits per heavy atom. The third-order valence-corrected chi connectivity index (χ3v) is 6.26. The van der Waals surface area contributed by atoms with Gasteiger partial charge in [-0.15, -0.1) is 11.5 Å². The smallest absolute Gasteiger partial charge is 0.872 e. The predicted molar refractivity (Wildman–Crippen MR) is 141 cm³/mol. The van der Waals surface area contributed by atoms with Crippen LogP contribution in [0.1, 0.15) is 89.5 Å². The minimum Gasteiger partial charge on any atom is -0.872 e. The third-order valence-electron chi connectivity index (χ3n) is 6.26. The summed E-state index contributed by atoms with van der Waals surface area (Å²) in [4.78, 5) is 9.59. The van der Waals surface area contributed by atoms with E-state index < -0.39 is 7.25 Å². The minimum atomic E-state index is -6.00. The number of halogens is 4. The number of rotatable bonds is 4. The second-order valence-electron chi connectivity index (χ2n) is 11.5. The Labute approximate surface area is 234 Å². The van der Waals surface area contributed by atoms with Gasteiger partial charge in [0.1, 0.15) is 0 Å². The molecule has 2 aromatic rings. The fourth-order valence-electron chi connectivity index (χ4n) is 4.02. The van der Waals surface area contributed by atoms with Gasteiger partial charge in [0, 0.05) is 12.4 Å². The monoisotopic (exact) mass is 578 g/mol. The third kappa shape index (κ3) is 11.2. The molecule has 10 heteroatoms. The molecule has 2 atom stereocenters. The van der Waals surface area contributed by atoms with Crippen molar-refractivity contribution in [3.8, 4) is 11.5 Å². The van der Waals surface area contributed by atoms with Gasteiger partial charge in [0.2, 0.25) is 0 Å². The van der Waals surface area contributed by atoms with Crippen LogP contribution in [0.5, 0.6) is 11.5 Å². The molecule has 0 aromatic heterocycles. The zero-order chi connectivity index (χ0) is 28.0. The van der Waals surface area contributed by atoms with Crippen LogP contribution in [0, 0.1) is 0 Å². The number of aliphatic imine (C=N–C) groups is 2. The summed E-state index contributed by atoms with van der Waals surface area (Å²) in [5.74, 6) is -0.0137. The van der Waals surface area contributed by atoms with E-state index in [9.17, 15) is 27.5 Å². The minimum absolute atomic E-state index is 0. The Hall–Kier alpha value is -2.33. The van der Waals surface area contributed by atoms with E-state index >= 15 is 0 Å². The Morgan fingerprint density at radius 3 is 1.32 bits per heavy atom. The Bertz CT molecular complexity index is 1020. The van der Waals surface area contributed by atoms with Gasteiger partial charge in [-0.1, -0.05) is 90.8 Å². The van der Waals surface area contributed by atoms with Crippen molar-refractivity contribution in [3.63, 3.8) is 0 Å². The van der Waals surface area contributed by atoms with E-state index in [1.165, 1.54) is 0 Å². The molecule has 38 heavy (non-hydrogen) atoms. The second kappa shape index (κ2) is 13.6. The first kappa shape index (κ1) is 33.7. The van der Waals surface area contributed by atoms with Gasteiger partial charge in [-0.25, -0.2) is 0 Å². The molecule has 0 bridgehead atoms. The standard InChI is InChI=1S/C28H38N2O2.BF4.Co/c1-27(2,3)21-11-13-25(31)19(15-21)17-29-23-9-7-8-10-24(23)30-18-20-16-22(28(4,5)6)12-14-26(20)32;2-1(3,4)5;/h11-18,23-24,31-32H,7-10H2,1-6H3;;/q;-1;+3/p-2/t23-,24-;;/m1../s1. The van der Waals surface area contributed by atoms with E-state index in [2.05, 4.69) is 41.5 Å². The van der Waals surface area contributed by atoms with Crippen molar-refractivity contribution >= 4 is 19.7 Å². The first-order chi connectivity index (χ1) is 16.9. The van der Waals surface area contributed by atoms with Crippen molar-refractivity contribution in [1.29, 1.82) is 0 Å². The molecule has 0 aliphatic heterocycles. The molecular formula is C28H36BCoF4N2O2. The Kier molecular flexibility index (Phi) is 12.1. The summed E-state index contributed by atoms with van der Waals surface area (Å²) in [6.07, 6.45) is 7.56. The zero-order valence-corrected chi connectivity index (χ0v) is 23.8. The van der Waals surface area contributed by atoms with Gasteiger partial charge in [0.05, 0.1) is 12.1 Å². The topological polar surface area (TPSA) is 70.8 Å². The summed E-state index contributed by atoms with van der Waals surface area (Å²) in [5, 5.41) is 24.7. The van der Waals surface area contributed by atoms with Crippen molar-refractivity contribution < 1.29 is 44.3 Å². The molecule has 0 radical (unpaired) electrons. The first-order valence-corrected chi connectivity index (χ1v) is 12.5. The molecule has 3 rings (SSSR count). The number of hydrogen-bond donors (Lipinski definition) is 0. The van der Waals surface area contributed by atoms with E-state index in [1.807, 2.05) is 24.3 Å². The van der Waals surface area contributed by atoms with Crippen LogP contribution < -0.4 is 10.2 Å². The fourth-order valence-corrected chi connectivity index (χ4v) is 4.02. The van der Waals surface area contributed by atoms with E-state index in [-0.39, 0.29) is 51.2 Å². The largest absolute Gasteiger partial charge is 3.00 e. The predicted octanol–water partition coefficient (Wildman–Crippen LogP) is 6.58. The summed E-state index contributed by atoms with van der Waals surface area (Å²) in [5.41, 5.74) is 3.46. The van der Waals surface area contributed by atoms with Crippen molar-refractivity contribution in [2.24, 2.45) is 9.98 Å². The molecule has 0 saturated heterocycles. The molecular weight excluding hydrogens is 542 g/mol. The number of benzene rings is 2. The zero-order valence-electron chi connectivity index (χ0n) is 22.7. The summed E-state index contributed by atoms with van der Waals surface area (Å²) < 4.78 is 39.0. The van der Waals surface area contributed by atoms with E-state index in [0.29, 0.717) is 11.1 Å². The summed E-state index contributed by atoms with van der Waals surface area (Å²) in [7, 11) is -6.00. The van der Waals surface area contributed by atoms with Gasteiger partial charge in [-0.3, -0.25) is 9.98 Å². The molecule has 1 aliphatic rings. The molecule has 1 fully saturated rings. The molecule has 1 saturated carbocycles. The van der Waals surface area contributed by atoms with Gasteiger partial charge in [-0.2, -0.15) is 0 Å². The average Bonchev–Trinajstić information content (AvgIpc) is 2.76. The molecule has 210 valence electrons. The molecule has 2 aromatic carbocycles. The van der Waals surface area contributed by atoms with Gasteiger partial charge in [0.25, 0.3) is 0 Å². The number of hydrogen-bond acceptors (Lipinski definition) is 4. The van der Waals surface area contributed by atoms with E-state index in [1.54, 1.807) is 24.6 Å². The Balaban J connectivity index is 0.00000110. The van der Waals surface area contributed by atoms with Crippen LogP contribution in [0.3, 0.4) is 0 Å². The molecule has 0 heterocycles.